The van der Waals surface area contributed by atoms with E-state index >= 15 is 0 Å². The highest BCUT2D eigenvalue weighted by Crippen LogP contribution is 2.20. The summed E-state index contributed by atoms with van der Waals surface area (Å²) in [5.41, 5.74) is 3.77. The Morgan fingerprint density at radius 2 is 1.68 bits per heavy atom. The second kappa shape index (κ2) is 13.1. The number of carbonyl (C=O) groups excluding carboxylic acids is 3. The minimum absolute atomic E-state index is 0.0964. The molecule has 1 N–H and O–H groups in total. The van der Waals surface area contributed by atoms with E-state index in [1.165, 1.54) is 5.56 Å². The molecule has 1 fully saturated rings. The normalized spacial score (nSPS) is 14.0. The highest BCUT2D eigenvalue weighted by atomic mass is 16.6. The molecule has 2 heterocycles. The van der Waals surface area contributed by atoms with Crippen molar-refractivity contribution in [2.75, 3.05) is 38.1 Å². The van der Waals surface area contributed by atoms with Gasteiger partial charge in [-0.1, -0.05) is 31.2 Å². The molecular weight excluding hydrogens is 510 g/mol. The molecule has 3 amide bonds. The standard InChI is InChI=1S/C30H37N5O5/c1-5-23-10-12-26(13-11-23)40-20-24-8-7-9-25(18-24)28(36)31-27-19-35(32-21(27)3)22(4)29(37)33-14-16-34(17-15-33)30(38)39-6-2/h7-13,18-19,22H,5-6,14-17,20H2,1-4H3,(H,31,36). The van der Waals surface area contributed by atoms with Crippen LogP contribution in [0, 0.1) is 6.92 Å². The third-order valence-electron chi connectivity index (χ3n) is 6.96. The van der Waals surface area contributed by atoms with Gasteiger partial charge in [-0.2, -0.15) is 5.10 Å². The van der Waals surface area contributed by atoms with Crippen LogP contribution in [0.1, 0.15) is 54.0 Å². The third-order valence-corrected chi connectivity index (χ3v) is 6.96. The Bertz CT molecular complexity index is 1330. The summed E-state index contributed by atoms with van der Waals surface area (Å²) in [6, 6.07) is 14.7. The number of rotatable bonds is 9. The minimum atomic E-state index is -0.564. The summed E-state index contributed by atoms with van der Waals surface area (Å²) in [5, 5.41) is 7.40. The first kappa shape index (κ1) is 28.7. The molecule has 1 aliphatic rings. The Labute approximate surface area is 234 Å². The number of benzene rings is 2. The quantitative estimate of drug-likeness (QED) is 0.424. The van der Waals surface area contributed by atoms with Gasteiger partial charge in [0.25, 0.3) is 5.91 Å². The number of amides is 3. The maximum atomic E-state index is 13.1. The van der Waals surface area contributed by atoms with Crippen LogP contribution in [-0.4, -0.2) is 70.3 Å². The van der Waals surface area contributed by atoms with Crippen LogP contribution in [0.25, 0.3) is 0 Å². The average molecular weight is 548 g/mol. The van der Waals surface area contributed by atoms with Gasteiger partial charge in [0.1, 0.15) is 18.4 Å². The smallest absolute Gasteiger partial charge is 0.409 e. The van der Waals surface area contributed by atoms with Crippen LogP contribution >= 0.6 is 0 Å². The first-order valence-electron chi connectivity index (χ1n) is 13.7. The van der Waals surface area contributed by atoms with E-state index < -0.39 is 6.04 Å². The van der Waals surface area contributed by atoms with Crippen molar-refractivity contribution in [1.82, 2.24) is 19.6 Å². The predicted octanol–water partition coefficient (Wildman–Crippen LogP) is 4.45. The summed E-state index contributed by atoms with van der Waals surface area (Å²) in [6.45, 7) is 9.80. The lowest BCUT2D eigenvalue weighted by molar-refractivity contribution is -0.136. The van der Waals surface area contributed by atoms with E-state index in [9.17, 15) is 14.4 Å². The summed E-state index contributed by atoms with van der Waals surface area (Å²) in [5.74, 6) is 0.409. The Morgan fingerprint density at radius 1 is 0.975 bits per heavy atom. The molecule has 2 aromatic carbocycles. The van der Waals surface area contributed by atoms with Gasteiger partial charge >= 0.3 is 6.09 Å². The van der Waals surface area contributed by atoms with E-state index in [2.05, 4.69) is 17.3 Å². The Balaban J connectivity index is 1.34. The van der Waals surface area contributed by atoms with Crippen molar-refractivity contribution in [3.05, 3.63) is 77.1 Å². The third kappa shape index (κ3) is 6.99. The van der Waals surface area contributed by atoms with Crippen molar-refractivity contribution in [2.24, 2.45) is 0 Å². The van der Waals surface area contributed by atoms with Gasteiger partial charge in [-0.3, -0.25) is 14.3 Å². The SMILES string of the molecule is CCOC(=O)N1CCN(C(=O)C(C)n2cc(NC(=O)c3cccc(COc4ccc(CC)cc4)c3)c(C)n2)CC1. The molecule has 1 aromatic heterocycles. The van der Waals surface area contributed by atoms with E-state index in [1.54, 1.807) is 53.6 Å². The molecule has 212 valence electrons. The summed E-state index contributed by atoms with van der Waals surface area (Å²) in [6.07, 6.45) is 2.30. The summed E-state index contributed by atoms with van der Waals surface area (Å²) in [4.78, 5) is 41.4. The number of nitrogens with one attached hydrogen (secondary N) is 1. The molecule has 1 atom stereocenters. The number of carbonyl (C=O) groups is 3. The zero-order valence-corrected chi connectivity index (χ0v) is 23.6. The van der Waals surface area contributed by atoms with Crippen molar-refractivity contribution in [3.8, 4) is 5.75 Å². The fourth-order valence-electron chi connectivity index (χ4n) is 4.49. The largest absolute Gasteiger partial charge is 0.489 e. The van der Waals surface area contributed by atoms with Gasteiger partial charge in [-0.15, -0.1) is 0 Å². The van der Waals surface area contributed by atoms with Crippen molar-refractivity contribution in [2.45, 2.75) is 46.8 Å². The predicted molar refractivity (Wildman–Crippen MR) is 151 cm³/mol. The maximum Gasteiger partial charge on any atom is 0.409 e. The highest BCUT2D eigenvalue weighted by Gasteiger charge is 2.29. The lowest BCUT2D eigenvalue weighted by Crippen LogP contribution is -2.52. The first-order chi connectivity index (χ1) is 19.3. The molecular formula is C30H37N5O5. The van der Waals surface area contributed by atoms with Crippen LogP contribution < -0.4 is 10.1 Å². The molecule has 0 radical (unpaired) electrons. The maximum absolute atomic E-state index is 13.1. The number of anilines is 1. The van der Waals surface area contributed by atoms with Crippen molar-refractivity contribution >= 4 is 23.6 Å². The number of piperazine rings is 1. The molecule has 40 heavy (non-hydrogen) atoms. The number of hydrogen-bond donors (Lipinski definition) is 1. The molecule has 1 aliphatic heterocycles. The van der Waals surface area contributed by atoms with Crippen LogP contribution in [0.2, 0.25) is 0 Å². The fourth-order valence-corrected chi connectivity index (χ4v) is 4.49. The van der Waals surface area contributed by atoms with Crippen LogP contribution in [-0.2, 0) is 22.6 Å². The van der Waals surface area contributed by atoms with Gasteiger partial charge in [0.05, 0.1) is 18.0 Å². The van der Waals surface area contributed by atoms with Crippen molar-refractivity contribution in [3.63, 3.8) is 0 Å². The summed E-state index contributed by atoms with van der Waals surface area (Å²) in [7, 11) is 0. The minimum Gasteiger partial charge on any atom is -0.489 e. The second-order valence-corrected chi connectivity index (χ2v) is 9.74. The zero-order valence-electron chi connectivity index (χ0n) is 23.6. The van der Waals surface area contributed by atoms with E-state index in [4.69, 9.17) is 9.47 Å². The monoisotopic (exact) mass is 547 g/mol. The molecule has 0 spiro atoms. The summed E-state index contributed by atoms with van der Waals surface area (Å²) < 4.78 is 12.5. The molecule has 0 aliphatic carbocycles. The summed E-state index contributed by atoms with van der Waals surface area (Å²) >= 11 is 0. The Hall–Kier alpha value is -4.34. The fraction of sp³-hybridized carbons (Fsp3) is 0.400. The van der Waals surface area contributed by atoms with Crippen LogP contribution in [0.5, 0.6) is 5.75 Å². The van der Waals surface area contributed by atoms with Crippen LogP contribution in [0.3, 0.4) is 0 Å². The number of aromatic nitrogens is 2. The average Bonchev–Trinajstić information content (AvgIpc) is 3.35. The molecule has 1 saturated heterocycles. The Kier molecular flexibility index (Phi) is 9.42. The van der Waals surface area contributed by atoms with E-state index in [0.29, 0.717) is 56.3 Å². The topological polar surface area (TPSA) is 106 Å². The number of nitrogens with zero attached hydrogens (tertiary/aromatic N) is 4. The lowest BCUT2D eigenvalue weighted by Gasteiger charge is -2.35. The first-order valence-corrected chi connectivity index (χ1v) is 13.7. The number of hydrogen-bond acceptors (Lipinski definition) is 6. The highest BCUT2D eigenvalue weighted by molar-refractivity contribution is 6.04. The number of aryl methyl sites for hydroxylation is 2. The van der Waals surface area contributed by atoms with Crippen molar-refractivity contribution < 1.29 is 23.9 Å². The lowest BCUT2D eigenvalue weighted by atomic mass is 10.1. The molecule has 10 heteroatoms. The van der Waals surface area contributed by atoms with Crippen LogP contribution in [0.15, 0.2) is 54.7 Å². The van der Waals surface area contributed by atoms with Crippen LogP contribution in [0.4, 0.5) is 10.5 Å². The van der Waals surface area contributed by atoms with E-state index in [-0.39, 0.29) is 17.9 Å². The molecule has 10 nitrogen and oxygen atoms in total. The van der Waals surface area contributed by atoms with Gasteiger partial charge in [0.2, 0.25) is 5.91 Å². The van der Waals surface area contributed by atoms with Gasteiger partial charge < -0.3 is 24.6 Å². The van der Waals surface area contributed by atoms with Gasteiger partial charge in [0.15, 0.2) is 0 Å². The van der Waals surface area contributed by atoms with E-state index in [1.807, 2.05) is 36.4 Å². The van der Waals surface area contributed by atoms with E-state index in [0.717, 1.165) is 17.7 Å². The zero-order chi connectivity index (χ0) is 28.6. The molecule has 0 saturated carbocycles. The number of ether oxygens (including phenoxy) is 2. The molecule has 3 aromatic rings. The molecule has 4 rings (SSSR count). The van der Waals surface area contributed by atoms with Gasteiger partial charge in [-0.05, 0) is 62.6 Å². The molecule has 1 unspecified atom stereocenters. The second-order valence-electron chi connectivity index (χ2n) is 9.74. The molecule has 0 bridgehead atoms. The van der Waals surface area contributed by atoms with Crippen molar-refractivity contribution in [1.29, 1.82) is 0 Å². The van der Waals surface area contributed by atoms with Gasteiger partial charge in [0, 0.05) is 37.9 Å². The van der Waals surface area contributed by atoms with Gasteiger partial charge in [-0.25, -0.2) is 4.79 Å². The Morgan fingerprint density at radius 3 is 2.35 bits per heavy atom.